The van der Waals surface area contributed by atoms with Gasteiger partial charge in [-0.15, -0.1) is 0 Å². The van der Waals surface area contributed by atoms with E-state index in [9.17, 15) is 22.0 Å². The third-order valence-electron chi connectivity index (χ3n) is 8.77. The first-order chi connectivity index (χ1) is 21.6. The lowest BCUT2D eigenvalue weighted by atomic mass is 9.76. The summed E-state index contributed by atoms with van der Waals surface area (Å²) < 4.78 is 78.0. The number of piperazine rings is 1. The summed E-state index contributed by atoms with van der Waals surface area (Å²) in [6, 6.07) is 13.7. The number of nitrogens with zero attached hydrogens (tertiary/aromatic N) is 1. The number of hydrogen-bond acceptors (Lipinski definition) is 6. The second-order valence-corrected chi connectivity index (χ2v) is 13.7. The van der Waals surface area contributed by atoms with Gasteiger partial charge < -0.3 is 21.1 Å². The molecule has 12 heteroatoms. The van der Waals surface area contributed by atoms with E-state index in [4.69, 9.17) is 10.5 Å². The second kappa shape index (κ2) is 14.4. The van der Waals surface area contributed by atoms with Crippen molar-refractivity contribution in [3.63, 3.8) is 0 Å². The lowest BCUT2D eigenvalue weighted by Crippen LogP contribution is -2.58. The predicted octanol–water partition coefficient (Wildman–Crippen LogP) is 4.56. The number of nitrogens with two attached hydrogens (primary N) is 1. The van der Waals surface area contributed by atoms with Crippen LogP contribution in [0.15, 0.2) is 71.6 Å². The Morgan fingerprint density at radius 1 is 1.02 bits per heavy atom. The molecule has 2 fully saturated rings. The molecule has 0 spiro atoms. The van der Waals surface area contributed by atoms with Crippen LogP contribution in [0.4, 0.5) is 18.9 Å². The largest absolute Gasteiger partial charge is 0.381 e. The van der Waals surface area contributed by atoms with Gasteiger partial charge in [-0.25, -0.2) is 21.6 Å². The van der Waals surface area contributed by atoms with Gasteiger partial charge in [-0.1, -0.05) is 24.3 Å². The van der Waals surface area contributed by atoms with Crippen LogP contribution < -0.4 is 16.4 Å². The average molecular weight is 645 g/mol. The van der Waals surface area contributed by atoms with Crippen LogP contribution in [0.2, 0.25) is 0 Å². The zero-order valence-electron chi connectivity index (χ0n) is 25.1. The lowest BCUT2D eigenvalue weighted by molar-refractivity contribution is -0.118. The molecule has 0 aliphatic carbocycles. The van der Waals surface area contributed by atoms with Gasteiger partial charge in [-0.2, -0.15) is 4.31 Å². The molecule has 3 aromatic carbocycles. The van der Waals surface area contributed by atoms with Crippen molar-refractivity contribution in [3.05, 3.63) is 95.3 Å². The maximum Gasteiger partial charge on any atom is 0.243 e. The van der Waals surface area contributed by atoms with Crippen LogP contribution in [0, 0.1) is 23.4 Å². The molecule has 5 rings (SSSR count). The normalized spacial score (nSPS) is 21.3. The van der Waals surface area contributed by atoms with Gasteiger partial charge in [0.05, 0.1) is 10.9 Å². The molecule has 0 saturated carbocycles. The molecule has 0 bridgehead atoms. The van der Waals surface area contributed by atoms with Gasteiger partial charge in [-0.3, -0.25) is 4.79 Å². The molecule has 8 nitrogen and oxygen atoms in total. The summed E-state index contributed by atoms with van der Waals surface area (Å²) in [6.07, 6.45) is 1.54. The first kappa shape index (κ1) is 33.1. The topological polar surface area (TPSA) is 114 Å². The Labute approximate surface area is 262 Å². The molecule has 2 saturated heterocycles. The number of halogens is 3. The Kier molecular flexibility index (Phi) is 10.6. The maximum atomic E-state index is 15.3. The Morgan fingerprint density at radius 3 is 2.40 bits per heavy atom. The highest BCUT2D eigenvalue weighted by molar-refractivity contribution is 7.89. The molecule has 0 radical (unpaired) electrons. The van der Waals surface area contributed by atoms with E-state index in [0.29, 0.717) is 39.1 Å². The molecule has 2 heterocycles. The molecule has 4 N–H and O–H groups in total. The van der Waals surface area contributed by atoms with E-state index in [2.05, 4.69) is 10.6 Å². The van der Waals surface area contributed by atoms with Gasteiger partial charge in [0.15, 0.2) is 0 Å². The summed E-state index contributed by atoms with van der Waals surface area (Å²) in [7, 11) is -3.82. The van der Waals surface area contributed by atoms with Crippen LogP contribution >= 0.6 is 0 Å². The van der Waals surface area contributed by atoms with Crippen LogP contribution in [-0.2, 0) is 26.0 Å². The number of hydrogen-bond donors (Lipinski definition) is 3. The molecule has 242 valence electrons. The molecule has 0 aromatic heterocycles. The minimum atomic E-state index is -3.82. The Bertz CT molecular complexity index is 1570. The highest BCUT2D eigenvalue weighted by Gasteiger charge is 2.38. The van der Waals surface area contributed by atoms with Gasteiger partial charge in [0, 0.05) is 61.6 Å². The number of anilines is 1. The quantitative estimate of drug-likeness (QED) is 0.298. The third-order valence-corrected chi connectivity index (χ3v) is 10.9. The van der Waals surface area contributed by atoms with E-state index in [1.165, 1.54) is 28.6 Å². The summed E-state index contributed by atoms with van der Waals surface area (Å²) in [4.78, 5) is 13.8. The van der Waals surface area contributed by atoms with E-state index >= 15 is 4.39 Å². The molecule has 1 amide bonds. The van der Waals surface area contributed by atoms with Gasteiger partial charge >= 0.3 is 0 Å². The Balaban J connectivity index is 1.37. The summed E-state index contributed by atoms with van der Waals surface area (Å²) in [5.74, 6) is -3.57. The maximum absolute atomic E-state index is 15.3. The highest BCUT2D eigenvalue weighted by atomic mass is 32.2. The van der Waals surface area contributed by atoms with Crippen molar-refractivity contribution in [2.24, 2.45) is 11.7 Å². The number of benzene rings is 3. The zero-order chi connectivity index (χ0) is 32.1. The number of carbonyl (C=O) groups is 1. The molecule has 3 aromatic rings. The second-order valence-electron chi connectivity index (χ2n) is 11.8. The smallest absolute Gasteiger partial charge is 0.243 e. The van der Waals surface area contributed by atoms with Crippen molar-refractivity contribution in [1.29, 1.82) is 0 Å². The summed E-state index contributed by atoms with van der Waals surface area (Å²) in [5.41, 5.74) is 7.22. The molecule has 0 unspecified atom stereocenters. The number of rotatable bonds is 10. The van der Waals surface area contributed by atoms with Crippen molar-refractivity contribution in [2.45, 2.75) is 61.5 Å². The van der Waals surface area contributed by atoms with Crippen molar-refractivity contribution < 1.29 is 31.1 Å². The van der Waals surface area contributed by atoms with Crippen molar-refractivity contribution in [1.82, 2.24) is 9.62 Å². The lowest BCUT2D eigenvalue weighted by Gasteiger charge is -2.40. The number of nitrogens with one attached hydrogen (secondary N) is 2. The minimum Gasteiger partial charge on any atom is -0.381 e. The van der Waals surface area contributed by atoms with E-state index in [1.54, 1.807) is 36.4 Å². The number of amides is 1. The van der Waals surface area contributed by atoms with Crippen molar-refractivity contribution in [2.75, 3.05) is 31.6 Å². The van der Waals surface area contributed by atoms with E-state index in [1.807, 2.05) is 6.92 Å². The summed E-state index contributed by atoms with van der Waals surface area (Å²) >= 11 is 0. The SMILES string of the molecule is C[C@H]1CNC[C@H](CCc2c(F)cccc2NC(=O)[C@@H](N)[C@@H](c2cc(F)cc(F)c2)C2CCOCC2)N1S(=O)(=O)c1ccccc1. The van der Waals surface area contributed by atoms with Gasteiger partial charge in [0.1, 0.15) is 17.5 Å². The predicted molar refractivity (Wildman–Crippen MR) is 166 cm³/mol. The van der Waals surface area contributed by atoms with E-state index in [0.717, 1.165) is 6.07 Å². The van der Waals surface area contributed by atoms with Crippen molar-refractivity contribution >= 4 is 21.6 Å². The fourth-order valence-electron chi connectivity index (χ4n) is 6.61. The highest BCUT2D eigenvalue weighted by Crippen LogP contribution is 2.36. The van der Waals surface area contributed by atoms with Gasteiger partial charge in [-0.05, 0) is 80.5 Å². The monoisotopic (exact) mass is 644 g/mol. The molecule has 2 aliphatic heterocycles. The first-order valence-corrected chi connectivity index (χ1v) is 16.7. The van der Waals surface area contributed by atoms with Crippen LogP contribution in [0.1, 0.15) is 43.2 Å². The van der Waals surface area contributed by atoms with Crippen LogP contribution in [0.25, 0.3) is 0 Å². The zero-order valence-corrected chi connectivity index (χ0v) is 25.9. The third kappa shape index (κ3) is 7.58. The average Bonchev–Trinajstić information content (AvgIpc) is 3.01. The van der Waals surface area contributed by atoms with Gasteiger partial charge in [0.25, 0.3) is 0 Å². The number of carbonyl (C=O) groups excluding carboxylic acids is 1. The van der Waals surface area contributed by atoms with E-state index < -0.39 is 51.4 Å². The molecule has 4 atom stereocenters. The molecule has 45 heavy (non-hydrogen) atoms. The molecule has 2 aliphatic rings. The molecular formula is C33H39F3N4O4S. The molecular weight excluding hydrogens is 605 g/mol. The summed E-state index contributed by atoms with van der Waals surface area (Å²) in [6.45, 7) is 3.56. The Hall–Kier alpha value is -3.29. The van der Waals surface area contributed by atoms with Crippen LogP contribution in [-0.4, -0.2) is 63.1 Å². The Morgan fingerprint density at radius 2 is 1.71 bits per heavy atom. The number of sulfonamides is 1. The van der Waals surface area contributed by atoms with Gasteiger partial charge in [0.2, 0.25) is 15.9 Å². The summed E-state index contributed by atoms with van der Waals surface area (Å²) in [5, 5.41) is 6.03. The van der Waals surface area contributed by atoms with Crippen LogP contribution in [0.5, 0.6) is 0 Å². The number of ether oxygens (including phenoxy) is 1. The first-order valence-electron chi connectivity index (χ1n) is 15.2. The van der Waals surface area contributed by atoms with Crippen LogP contribution in [0.3, 0.4) is 0 Å². The fourth-order valence-corrected chi connectivity index (χ4v) is 8.48. The fraction of sp³-hybridized carbons (Fsp3) is 0.424. The van der Waals surface area contributed by atoms with E-state index in [-0.39, 0.29) is 46.5 Å². The minimum absolute atomic E-state index is 0.135. The van der Waals surface area contributed by atoms with Crippen molar-refractivity contribution in [3.8, 4) is 0 Å². The standard InChI is InChI=1S/C33H39F3N4O4S/c1-21-19-38-20-26(40(21)45(42,43)27-6-3-2-4-7-27)10-11-28-29(36)8-5-9-30(28)39-33(41)32(37)31(22-12-14-44-15-13-22)23-16-24(34)18-25(35)17-23/h2-9,16-18,21-22,26,31-32,38H,10-15,19-20,37H2,1H3,(H,39,41)/t21-,26-,31+,32-/m0/s1.